The molecule has 15 aromatic rings. The molecule has 0 aliphatic rings. The summed E-state index contributed by atoms with van der Waals surface area (Å²) in [5, 5.41) is 3.24. The summed E-state index contributed by atoms with van der Waals surface area (Å²) in [5.41, 5.74) is 26.0. The zero-order chi connectivity index (χ0) is 61.6. The van der Waals surface area contributed by atoms with Gasteiger partial charge >= 0.3 is 0 Å². The van der Waals surface area contributed by atoms with Crippen molar-refractivity contribution in [2.45, 2.75) is 0 Å². The van der Waals surface area contributed by atoms with Crippen LogP contribution in [0.1, 0.15) is 0 Å². The molecule has 434 valence electrons. The van der Waals surface area contributed by atoms with Gasteiger partial charge in [-0.15, -0.1) is 11.1 Å². The van der Waals surface area contributed by atoms with Crippen molar-refractivity contribution < 1.29 is 0 Å². The van der Waals surface area contributed by atoms with E-state index < -0.39 is 7.38 Å². The first-order valence-corrected chi connectivity index (χ1v) is 34.6. The van der Waals surface area contributed by atoms with Crippen LogP contribution in [0.3, 0.4) is 0 Å². The minimum absolute atomic E-state index is 1.06. The Bertz CT molecular complexity index is 4490. The van der Waals surface area contributed by atoms with Gasteiger partial charge in [0.15, 0.2) is 0 Å². The van der Waals surface area contributed by atoms with Gasteiger partial charge < -0.3 is 0 Å². The molecule has 0 bridgehead atoms. The van der Waals surface area contributed by atoms with E-state index in [2.05, 4.69) is 382 Å². The summed E-state index contributed by atoms with van der Waals surface area (Å²) in [5.74, 6) is 0. The Morgan fingerprint density at radius 1 is 0.141 bits per heavy atom. The molecule has 0 fully saturated rings. The van der Waals surface area contributed by atoms with Crippen LogP contribution < -0.4 is 15.6 Å². The Morgan fingerprint density at radius 2 is 0.272 bits per heavy atom. The average Bonchev–Trinajstić information content (AvgIpc) is 0.687. The second kappa shape index (κ2) is 25.7. The molecular weight excluding hydrogens is 1140 g/mol. The van der Waals surface area contributed by atoms with Crippen molar-refractivity contribution in [1.29, 1.82) is 0 Å². The van der Waals surface area contributed by atoms with Crippen molar-refractivity contribution in [3.8, 4) is 134 Å². The molecule has 0 aromatic heterocycles. The monoisotopic (exact) mass is 1210 g/mol. The molecule has 2 heteroatoms. The van der Waals surface area contributed by atoms with E-state index in [1.165, 1.54) is 0 Å². The third kappa shape index (κ3) is 10.7. The minimum Gasteiger partial charge on any atom is -0.149 e. The lowest BCUT2D eigenvalue weighted by Gasteiger charge is -2.40. The predicted molar refractivity (Wildman–Crippen MR) is 395 cm³/mol. The predicted octanol–water partition coefficient (Wildman–Crippen LogP) is 22.9. The van der Waals surface area contributed by atoms with E-state index in [-0.39, 0.29) is 0 Å². The van der Waals surface area contributed by atoms with Crippen molar-refractivity contribution in [3.63, 3.8) is 0 Å². The van der Waals surface area contributed by atoms with Crippen molar-refractivity contribution in [1.82, 2.24) is 0 Å². The first-order chi connectivity index (χ1) is 45.6. The summed E-state index contributed by atoms with van der Waals surface area (Å²) in [4.78, 5) is 0. The molecule has 0 heterocycles. The molecular formula is C90H63ClSi. The van der Waals surface area contributed by atoms with Gasteiger partial charge in [0.2, 0.25) is 0 Å². The Balaban J connectivity index is 1.33. The SMILES string of the molecule is Cl[Si](c1c(-c2ccccc2)cc(-c2ccccc2)c(-c2ccccc2)c1-c1ccccc1)(c1c(-c2ccccc2)cc(-c2ccccc2)c(-c2ccccc2)c1-c1ccccc1)c1c(-c2ccccc2)cc(-c2ccccc2)c(-c2ccccc2)c1-c1ccccc1. The standard InChI is InChI=1S/C90H63ClSi/c91-92(88-79(67-43-19-4-20-44-67)61-76(64-37-13-1-14-38-64)82(70-49-25-7-26-50-70)85(88)73-55-31-10-32-56-73,89-80(68-45-21-5-22-46-68)62-77(65-39-15-2-16-40-65)83(71-51-27-8-28-52-71)86(89)74-57-33-11-34-58-74)90-81(69-47-23-6-24-48-69)63-78(66-41-17-3-18-42-66)84(72-53-29-9-30-54-72)87(90)75-59-35-12-36-60-75/h1-63H. The molecule has 0 atom stereocenters. The van der Waals surface area contributed by atoms with E-state index >= 15 is 0 Å². The van der Waals surface area contributed by atoms with Crippen LogP contribution >= 0.6 is 11.1 Å². The Morgan fingerprint density at radius 3 is 0.435 bits per heavy atom. The summed E-state index contributed by atoms with van der Waals surface area (Å²) < 4.78 is 0. The summed E-state index contributed by atoms with van der Waals surface area (Å²) in [6.45, 7) is 0. The van der Waals surface area contributed by atoms with Gasteiger partial charge in [-0.05, 0) is 167 Å². The van der Waals surface area contributed by atoms with Crippen molar-refractivity contribution in [2.24, 2.45) is 0 Å². The number of benzene rings is 15. The van der Waals surface area contributed by atoms with Crippen LogP contribution in [0, 0.1) is 0 Å². The molecule has 0 saturated carbocycles. The normalized spacial score (nSPS) is 11.3. The van der Waals surface area contributed by atoms with Crippen molar-refractivity contribution in [2.75, 3.05) is 0 Å². The fraction of sp³-hybridized carbons (Fsp3) is 0. The van der Waals surface area contributed by atoms with Crippen molar-refractivity contribution in [3.05, 3.63) is 382 Å². The highest BCUT2D eigenvalue weighted by Gasteiger charge is 2.51. The molecule has 0 amide bonds. The maximum atomic E-state index is 10.8. The van der Waals surface area contributed by atoms with E-state index in [0.29, 0.717) is 0 Å². The second-order valence-corrected chi connectivity index (χ2v) is 27.9. The summed E-state index contributed by atoms with van der Waals surface area (Å²) in [6.07, 6.45) is 0. The fourth-order valence-electron chi connectivity index (χ4n) is 14.0. The lowest BCUT2D eigenvalue weighted by atomic mass is 9.84. The van der Waals surface area contributed by atoms with Gasteiger partial charge in [0, 0.05) is 0 Å². The molecule has 0 N–H and O–H groups in total. The molecule has 15 rings (SSSR count). The summed E-state index contributed by atoms with van der Waals surface area (Å²) >= 11 is 10.8. The van der Waals surface area contributed by atoms with E-state index in [4.69, 9.17) is 0 Å². The van der Waals surface area contributed by atoms with Crippen LogP contribution in [0.4, 0.5) is 0 Å². The maximum absolute atomic E-state index is 10.8. The average molecular weight is 1210 g/mol. The maximum Gasteiger partial charge on any atom is 0.251 e. The van der Waals surface area contributed by atoms with Crippen LogP contribution in [0.25, 0.3) is 134 Å². The van der Waals surface area contributed by atoms with E-state index in [1.807, 2.05) is 0 Å². The first kappa shape index (κ1) is 57.3. The topological polar surface area (TPSA) is 0 Å². The lowest BCUT2D eigenvalue weighted by molar-refractivity contribution is 1.54. The van der Waals surface area contributed by atoms with Crippen LogP contribution in [-0.2, 0) is 0 Å². The van der Waals surface area contributed by atoms with Gasteiger partial charge in [-0.1, -0.05) is 364 Å². The van der Waals surface area contributed by atoms with E-state index in [9.17, 15) is 11.1 Å². The molecule has 0 unspecified atom stereocenters. The molecule has 0 spiro atoms. The van der Waals surface area contributed by atoms with Crippen LogP contribution in [-0.4, -0.2) is 7.38 Å². The van der Waals surface area contributed by atoms with E-state index in [0.717, 1.165) is 149 Å². The minimum atomic E-state index is -4.63. The van der Waals surface area contributed by atoms with Gasteiger partial charge in [-0.25, -0.2) is 0 Å². The number of halogens is 1. The molecule has 0 radical (unpaired) electrons. The summed E-state index contributed by atoms with van der Waals surface area (Å²) in [6, 6.07) is 140. The number of rotatable bonds is 15. The van der Waals surface area contributed by atoms with Gasteiger partial charge in [-0.2, -0.15) is 0 Å². The van der Waals surface area contributed by atoms with Crippen molar-refractivity contribution >= 4 is 34.0 Å². The third-order valence-electron chi connectivity index (χ3n) is 17.9. The highest BCUT2D eigenvalue weighted by molar-refractivity contribution is 7.42. The summed E-state index contributed by atoms with van der Waals surface area (Å²) in [7, 11) is -4.63. The van der Waals surface area contributed by atoms with Crippen LogP contribution in [0.5, 0.6) is 0 Å². The van der Waals surface area contributed by atoms with Gasteiger partial charge in [-0.3, -0.25) is 0 Å². The second-order valence-electron chi connectivity index (χ2n) is 23.3. The highest BCUT2D eigenvalue weighted by Crippen LogP contribution is 2.51. The zero-order valence-electron chi connectivity index (χ0n) is 50.8. The van der Waals surface area contributed by atoms with Gasteiger partial charge in [0.25, 0.3) is 7.38 Å². The quantitative estimate of drug-likeness (QED) is 0.0545. The molecule has 92 heavy (non-hydrogen) atoms. The highest BCUT2D eigenvalue weighted by atomic mass is 35.6. The first-order valence-electron chi connectivity index (χ1n) is 31.6. The number of hydrogen-bond acceptors (Lipinski definition) is 0. The molecule has 0 nitrogen and oxygen atoms in total. The van der Waals surface area contributed by atoms with E-state index in [1.54, 1.807) is 0 Å². The largest absolute Gasteiger partial charge is 0.251 e. The molecule has 0 aliphatic heterocycles. The smallest absolute Gasteiger partial charge is 0.149 e. The molecule has 0 aliphatic carbocycles. The Hall–Kier alpha value is -11.2. The Labute approximate surface area is 546 Å². The van der Waals surface area contributed by atoms with Gasteiger partial charge in [0.05, 0.1) is 0 Å². The Kier molecular flexibility index (Phi) is 16.0. The lowest BCUT2D eigenvalue weighted by Crippen LogP contribution is -2.66. The molecule has 15 aromatic carbocycles. The zero-order valence-corrected chi connectivity index (χ0v) is 52.5. The molecule has 0 saturated heterocycles. The van der Waals surface area contributed by atoms with Crippen LogP contribution in [0.2, 0.25) is 0 Å². The van der Waals surface area contributed by atoms with Gasteiger partial charge in [0.1, 0.15) is 0 Å². The fourth-order valence-corrected chi connectivity index (χ4v) is 20.1. The third-order valence-corrected chi connectivity index (χ3v) is 23.2. The number of hydrogen-bond donors (Lipinski definition) is 0. The van der Waals surface area contributed by atoms with Crippen LogP contribution in [0.15, 0.2) is 382 Å².